The molecule has 133 valence electrons. The van der Waals surface area contributed by atoms with Crippen molar-refractivity contribution in [1.29, 1.82) is 0 Å². The smallest absolute Gasteiger partial charge is 0.0845 e. The van der Waals surface area contributed by atoms with Crippen molar-refractivity contribution in [1.82, 2.24) is 0 Å². The van der Waals surface area contributed by atoms with E-state index < -0.39 is 8.80 Å². The van der Waals surface area contributed by atoms with Crippen molar-refractivity contribution in [2.75, 3.05) is 0 Å². The number of benzene rings is 3. The predicted octanol–water partition coefficient (Wildman–Crippen LogP) is 5.10. The fraction of sp³-hybridized carbons (Fsp3) is 0.250. The maximum absolute atomic E-state index is 6.65. The SMILES string of the molecule is CC(C)c1cccc([Si](c2cccc(C(C)C)c2)c2ccccc2Cl)c1. The largest absolute Gasteiger partial charge is 0.156 e. The van der Waals surface area contributed by atoms with E-state index in [2.05, 4.69) is 88.4 Å². The van der Waals surface area contributed by atoms with Crippen molar-refractivity contribution in [2.45, 2.75) is 39.5 Å². The summed E-state index contributed by atoms with van der Waals surface area (Å²) in [6.07, 6.45) is 0. The van der Waals surface area contributed by atoms with Gasteiger partial charge in [-0.25, -0.2) is 0 Å². The summed E-state index contributed by atoms with van der Waals surface area (Å²) in [5.74, 6) is 1.04. The van der Waals surface area contributed by atoms with E-state index in [-0.39, 0.29) is 0 Å². The second-order valence-electron chi connectivity index (χ2n) is 7.42. The standard InChI is InChI=1S/C24H26ClSi/c1-17(2)19-9-7-11-21(15-19)26(24-14-6-5-13-23(24)25)22-12-8-10-20(16-22)18(3)4/h5-18H,1-4H3. The van der Waals surface area contributed by atoms with Gasteiger partial charge in [0.05, 0.1) is 0 Å². The van der Waals surface area contributed by atoms with Gasteiger partial charge in [-0.1, -0.05) is 116 Å². The van der Waals surface area contributed by atoms with Crippen LogP contribution in [0.15, 0.2) is 72.8 Å². The molecule has 0 fully saturated rings. The second kappa shape index (κ2) is 8.24. The lowest BCUT2D eigenvalue weighted by molar-refractivity contribution is 0.867. The Hall–Kier alpha value is -1.83. The fourth-order valence-corrected chi connectivity index (χ4v) is 6.36. The van der Waals surface area contributed by atoms with Crippen LogP contribution in [0.4, 0.5) is 0 Å². The highest BCUT2D eigenvalue weighted by atomic mass is 35.5. The highest BCUT2D eigenvalue weighted by molar-refractivity contribution is 6.96. The third-order valence-electron chi connectivity index (χ3n) is 4.83. The van der Waals surface area contributed by atoms with Crippen molar-refractivity contribution >= 4 is 36.0 Å². The van der Waals surface area contributed by atoms with Gasteiger partial charge in [0.1, 0.15) is 0 Å². The maximum Gasteiger partial charge on any atom is 0.156 e. The van der Waals surface area contributed by atoms with Gasteiger partial charge in [0.15, 0.2) is 8.80 Å². The molecule has 0 spiro atoms. The highest BCUT2D eigenvalue weighted by Crippen LogP contribution is 2.15. The van der Waals surface area contributed by atoms with E-state index in [1.165, 1.54) is 26.7 Å². The van der Waals surface area contributed by atoms with Crippen LogP contribution < -0.4 is 15.6 Å². The Kier molecular flexibility index (Phi) is 6.00. The molecule has 0 aromatic heterocycles. The van der Waals surface area contributed by atoms with Crippen LogP contribution in [0.1, 0.15) is 50.7 Å². The quantitative estimate of drug-likeness (QED) is 0.428. The molecule has 0 atom stereocenters. The molecule has 1 radical (unpaired) electrons. The van der Waals surface area contributed by atoms with Gasteiger partial charge in [-0.3, -0.25) is 0 Å². The summed E-state index contributed by atoms with van der Waals surface area (Å²) >= 11 is 6.65. The molecule has 0 aliphatic rings. The third-order valence-corrected chi connectivity index (χ3v) is 8.07. The normalized spacial score (nSPS) is 11.5. The van der Waals surface area contributed by atoms with E-state index in [0.717, 1.165) is 5.02 Å². The van der Waals surface area contributed by atoms with Crippen LogP contribution >= 0.6 is 11.6 Å². The monoisotopic (exact) mass is 377 g/mol. The topological polar surface area (TPSA) is 0 Å². The van der Waals surface area contributed by atoms with Crippen LogP contribution in [-0.2, 0) is 0 Å². The van der Waals surface area contributed by atoms with Gasteiger partial charge in [0.25, 0.3) is 0 Å². The zero-order valence-corrected chi connectivity index (χ0v) is 17.7. The first-order valence-corrected chi connectivity index (χ1v) is 11.2. The predicted molar refractivity (Wildman–Crippen MR) is 117 cm³/mol. The van der Waals surface area contributed by atoms with E-state index in [0.29, 0.717) is 11.8 Å². The molecule has 0 bridgehead atoms. The van der Waals surface area contributed by atoms with Crippen molar-refractivity contribution in [3.63, 3.8) is 0 Å². The molecular weight excluding hydrogens is 352 g/mol. The average Bonchev–Trinajstić information content (AvgIpc) is 2.64. The zero-order valence-electron chi connectivity index (χ0n) is 16.0. The summed E-state index contributed by atoms with van der Waals surface area (Å²) in [6, 6.07) is 26.5. The summed E-state index contributed by atoms with van der Waals surface area (Å²) in [6.45, 7) is 9.00. The lowest BCUT2D eigenvalue weighted by Gasteiger charge is -2.20. The van der Waals surface area contributed by atoms with Crippen LogP contribution in [0.2, 0.25) is 5.02 Å². The summed E-state index contributed by atoms with van der Waals surface area (Å²) in [5, 5.41) is 4.93. The molecule has 0 amide bonds. The molecule has 0 unspecified atom stereocenters. The van der Waals surface area contributed by atoms with Crippen molar-refractivity contribution in [3.8, 4) is 0 Å². The minimum atomic E-state index is -1.15. The first-order chi connectivity index (χ1) is 12.5. The molecule has 3 aromatic carbocycles. The van der Waals surface area contributed by atoms with Crippen LogP contribution in [-0.4, -0.2) is 8.80 Å². The molecule has 0 saturated heterocycles. The minimum absolute atomic E-state index is 0.520. The van der Waals surface area contributed by atoms with Crippen molar-refractivity contribution in [2.24, 2.45) is 0 Å². The number of halogens is 1. The zero-order chi connectivity index (χ0) is 18.7. The fourth-order valence-electron chi connectivity index (χ4n) is 3.25. The Balaban J connectivity index is 2.19. The van der Waals surface area contributed by atoms with Gasteiger partial charge in [-0.15, -0.1) is 0 Å². The van der Waals surface area contributed by atoms with Gasteiger partial charge in [0.2, 0.25) is 0 Å². The lowest BCUT2D eigenvalue weighted by atomic mass is 10.0. The van der Waals surface area contributed by atoms with Gasteiger partial charge < -0.3 is 0 Å². The maximum atomic E-state index is 6.65. The molecule has 0 aliphatic carbocycles. The Morgan fingerprint density at radius 1 is 0.654 bits per heavy atom. The summed E-state index contributed by atoms with van der Waals surface area (Å²) in [4.78, 5) is 0. The summed E-state index contributed by atoms with van der Waals surface area (Å²) in [7, 11) is -1.15. The molecule has 3 aromatic rings. The molecule has 0 heterocycles. The first kappa shape index (κ1) is 18.9. The lowest BCUT2D eigenvalue weighted by Crippen LogP contribution is -2.52. The molecule has 0 aliphatic heterocycles. The average molecular weight is 378 g/mol. The van der Waals surface area contributed by atoms with Crippen LogP contribution in [0.3, 0.4) is 0 Å². The number of hydrogen-bond acceptors (Lipinski definition) is 0. The molecule has 26 heavy (non-hydrogen) atoms. The van der Waals surface area contributed by atoms with Crippen molar-refractivity contribution in [3.05, 3.63) is 88.9 Å². The number of hydrogen-bond donors (Lipinski definition) is 0. The van der Waals surface area contributed by atoms with E-state index in [9.17, 15) is 0 Å². The Bertz CT molecular complexity index is 831. The van der Waals surface area contributed by atoms with E-state index in [4.69, 9.17) is 11.6 Å². The van der Waals surface area contributed by atoms with E-state index in [1.807, 2.05) is 12.1 Å². The molecular formula is C24H26ClSi. The summed E-state index contributed by atoms with van der Waals surface area (Å²) in [5.41, 5.74) is 2.77. The van der Waals surface area contributed by atoms with E-state index in [1.54, 1.807) is 0 Å². The van der Waals surface area contributed by atoms with Crippen LogP contribution in [0.25, 0.3) is 0 Å². The Morgan fingerprint density at radius 2 is 1.15 bits per heavy atom. The molecule has 2 heteroatoms. The second-order valence-corrected chi connectivity index (χ2v) is 10.3. The molecule has 3 rings (SSSR count). The number of rotatable bonds is 5. The van der Waals surface area contributed by atoms with Gasteiger partial charge >= 0.3 is 0 Å². The van der Waals surface area contributed by atoms with Crippen molar-refractivity contribution < 1.29 is 0 Å². The van der Waals surface area contributed by atoms with Gasteiger partial charge in [-0.2, -0.15) is 0 Å². The molecule has 0 nitrogen and oxygen atoms in total. The first-order valence-electron chi connectivity index (χ1n) is 9.30. The van der Waals surface area contributed by atoms with Gasteiger partial charge in [-0.05, 0) is 34.2 Å². The highest BCUT2D eigenvalue weighted by Gasteiger charge is 2.23. The Labute approximate surface area is 164 Å². The molecule has 0 saturated carbocycles. The Morgan fingerprint density at radius 3 is 1.62 bits per heavy atom. The third kappa shape index (κ3) is 4.11. The summed E-state index contributed by atoms with van der Waals surface area (Å²) < 4.78 is 0. The van der Waals surface area contributed by atoms with Crippen LogP contribution in [0.5, 0.6) is 0 Å². The van der Waals surface area contributed by atoms with Gasteiger partial charge in [0, 0.05) is 5.02 Å². The van der Waals surface area contributed by atoms with E-state index >= 15 is 0 Å². The minimum Gasteiger partial charge on any atom is -0.0845 e. The molecule has 0 N–H and O–H groups in total. The van der Waals surface area contributed by atoms with Crippen LogP contribution in [0, 0.1) is 0 Å².